The lowest BCUT2D eigenvalue weighted by Gasteiger charge is -2.18. The molecule has 0 aliphatic rings. The fourth-order valence-corrected chi connectivity index (χ4v) is 3.07. The number of carboxylic acids is 4. The summed E-state index contributed by atoms with van der Waals surface area (Å²) in [5.41, 5.74) is 2.51. The normalized spacial score (nSPS) is 11.2. The zero-order valence-electron chi connectivity index (χ0n) is 18.1. The van der Waals surface area contributed by atoms with Crippen molar-refractivity contribution in [2.75, 3.05) is 26.2 Å². The zero-order chi connectivity index (χ0) is 25.1. The van der Waals surface area contributed by atoms with Gasteiger partial charge in [-0.15, -0.1) is 0 Å². The molecular weight excluding hydrogens is 448 g/mol. The lowest BCUT2D eigenvalue weighted by atomic mass is 10.2. The second-order valence-corrected chi connectivity index (χ2v) is 7.40. The SMILES string of the molecule is O=C(O)CN(CC(=O)O)Cc1ccc(N=Nc2ccc(CN(CC(=O)O)CC(=O)O)cc2)cc1. The van der Waals surface area contributed by atoms with Crippen molar-refractivity contribution in [2.45, 2.75) is 13.1 Å². The van der Waals surface area contributed by atoms with Crippen molar-refractivity contribution >= 4 is 35.3 Å². The molecule has 0 aliphatic carbocycles. The Hall–Kier alpha value is -4.16. The van der Waals surface area contributed by atoms with Gasteiger partial charge >= 0.3 is 23.9 Å². The predicted octanol–water partition coefficient (Wildman–Crippen LogP) is 2.04. The molecule has 34 heavy (non-hydrogen) atoms. The first-order valence-electron chi connectivity index (χ1n) is 10.0. The van der Waals surface area contributed by atoms with Crippen LogP contribution in [-0.4, -0.2) is 80.3 Å². The first-order valence-corrected chi connectivity index (χ1v) is 10.0. The Morgan fingerprint density at radius 3 is 1.03 bits per heavy atom. The summed E-state index contributed by atoms with van der Waals surface area (Å²) in [6, 6.07) is 13.5. The summed E-state index contributed by atoms with van der Waals surface area (Å²) < 4.78 is 0. The van der Waals surface area contributed by atoms with E-state index in [4.69, 9.17) is 20.4 Å². The number of rotatable bonds is 14. The highest BCUT2D eigenvalue weighted by Crippen LogP contribution is 2.20. The number of benzene rings is 2. The van der Waals surface area contributed by atoms with E-state index >= 15 is 0 Å². The second-order valence-electron chi connectivity index (χ2n) is 7.40. The van der Waals surface area contributed by atoms with Crippen LogP contribution in [-0.2, 0) is 32.3 Å². The van der Waals surface area contributed by atoms with Crippen molar-refractivity contribution in [2.24, 2.45) is 10.2 Å². The Morgan fingerprint density at radius 2 is 0.794 bits per heavy atom. The van der Waals surface area contributed by atoms with Gasteiger partial charge in [-0.1, -0.05) is 24.3 Å². The number of carboxylic acid groups (broad SMARTS) is 4. The van der Waals surface area contributed by atoms with Crippen LogP contribution in [0.25, 0.3) is 0 Å². The third-order valence-electron chi connectivity index (χ3n) is 4.40. The number of hydrogen-bond acceptors (Lipinski definition) is 8. The number of aliphatic carboxylic acids is 4. The molecule has 0 saturated carbocycles. The molecule has 0 atom stereocenters. The number of nitrogens with zero attached hydrogens (tertiary/aromatic N) is 4. The maximum atomic E-state index is 10.9. The molecule has 0 aromatic heterocycles. The van der Waals surface area contributed by atoms with E-state index < -0.39 is 50.1 Å². The minimum Gasteiger partial charge on any atom is -0.480 e. The van der Waals surface area contributed by atoms with Gasteiger partial charge in [0.05, 0.1) is 37.6 Å². The van der Waals surface area contributed by atoms with Crippen LogP contribution in [0.4, 0.5) is 11.4 Å². The quantitative estimate of drug-likeness (QED) is 0.297. The molecule has 180 valence electrons. The number of azo groups is 1. The van der Waals surface area contributed by atoms with E-state index in [1.54, 1.807) is 48.5 Å². The van der Waals surface area contributed by atoms with E-state index in [1.165, 1.54) is 9.80 Å². The molecule has 0 aliphatic heterocycles. The highest BCUT2D eigenvalue weighted by molar-refractivity contribution is 5.73. The van der Waals surface area contributed by atoms with E-state index in [0.717, 1.165) is 11.1 Å². The summed E-state index contributed by atoms with van der Waals surface area (Å²) in [4.78, 5) is 46.2. The molecule has 12 heteroatoms. The molecule has 0 radical (unpaired) electrons. The van der Waals surface area contributed by atoms with Crippen LogP contribution in [0.1, 0.15) is 11.1 Å². The maximum Gasteiger partial charge on any atom is 0.317 e. The number of hydrogen-bond donors (Lipinski definition) is 4. The van der Waals surface area contributed by atoms with Gasteiger partial charge in [0.25, 0.3) is 0 Å². The molecule has 4 N–H and O–H groups in total. The molecule has 0 amide bonds. The van der Waals surface area contributed by atoms with Gasteiger partial charge < -0.3 is 20.4 Å². The Bertz CT molecular complexity index is 922. The lowest BCUT2D eigenvalue weighted by Crippen LogP contribution is -2.33. The number of carbonyl (C=O) groups is 4. The summed E-state index contributed by atoms with van der Waals surface area (Å²) in [6.45, 7) is -1.28. The minimum atomic E-state index is -1.12. The van der Waals surface area contributed by atoms with Crippen LogP contribution in [0.2, 0.25) is 0 Å². The third-order valence-corrected chi connectivity index (χ3v) is 4.40. The molecular formula is C22H24N4O8. The van der Waals surface area contributed by atoms with Crippen LogP contribution in [0.5, 0.6) is 0 Å². The summed E-state index contributed by atoms with van der Waals surface area (Å²) >= 11 is 0. The monoisotopic (exact) mass is 472 g/mol. The molecule has 2 aromatic carbocycles. The van der Waals surface area contributed by atoms with Crippen molar-refractivity contribution in [3.63, 3.8) is 0 Å². The van der Waals surface area contributed by atoms with Gasteiger partial charge in [0, 0.05) is 13.1 Å². The minimum absolute atomic E-state index is 0.151. The molecule has 0 unspecified atom stereocenters. The molecule has 0 spiro atoms. The molecule has 12 nitrogen and oxygen atoms in total. The fourth-order valence-electron chi connectivity index (χ4n) is 3.07. The summed E-state index contributed by atoms with van der Waals surface area (Å²) in [6.07, 6.45) is 0. The van der Waals surface area contributed by atoms with E-state index in [1.807, 2.05) is 0 Å². The Balaban J connectivity index is 1.98. The zero-order valence-corrected chi connectivity index (χ0v) is 18.1. The topological polar surface area (TPSA) is 180 Å². The molecule has 0 fully saturated rings. The largest absolute Gasteiger partial charge is 0.480 e. The fraction of sp³-hybridized carbons (Fsp3) is 0.273. The van der Waals surface area contributed by atoms with Crippen LogP contribution in [0.15, 0.2) is 58.8 Å². The average molecular weight is 472 g/mol. The first kappa shape index (κ1) is 26.1. The van der Waals surface area contributed by atoms with Gasteiger partial charge in [0.2, 0.25) is 0 Å². The lowest BCUT2D eigenvalue weighted by molar-refractivity contribution is -0.144. The van der Waals surface area contributed by atoms with Crippen molar-refractivity contribution in [1.82, 2.24) is 9.80 Å². The molecule has 0 bridgehead atoms. The van der Waals surface area contributed by atoms with E-state index in [2.05, 4.69) is 10.2 Å². The van der Waals surface area contributed by atoms with Crippen molar-refractivity contribution < 1.29 is 39.6 Å². The van der Waals surface area contributed by atoms with Crippen LogP contribution >= 0.6 is 0 Å². The Kier molecular flexibility index (Phi) is 9.80. The summed E-state index contributed by atoms with van der Waals surface area (Å²) in [7, 11) is 0. The highest BCUT2D eigenvalue weighted by atomic mass is 16.4. The van der Waals surface area contributed by atoms with Gasteiger partial charge in [-0.25, -0.2) is 0 Å². The second kappa shape index (κ2) is 12.8. The van der Waals surface area contributed by atoms with Gasteiger partial charge in [-0.2, -0.15) is 10.2 Å². The van der Waals surface area contributed by atoms with Crippen molar-refractivity contribution in [1.29, 1.82) is 0 Å². The third kappa shape index (κ3) is 9.97. The average Bonchev–Trinajstić information content (AvgIpc) is 2.72. The smallest absolute Gasteiger partial charge is 0.317 e. The van der Waals surface area contributed by atoms with Crippen molar-refractivity contribution in [3.8, 4) is 0 Å². The molecule has 0 heterocycles. The van der Waals surface area contributed by atoms with E-state index in [0.29, 0.717) is 11.4 Å². The van der Waals surface area contributed by atoms with Gasteiger partial charge in [-0.3, -0.25) is 29.0 Å². The van der Waals surface area contributed by atoms with Crippen LogP contribution in [0, 0.1) is 0 Å². The van der Waals surface area contributed by atoms with E-state index in [9.17, 15) is 19.2 Å². The summed E-state index contributed by atoms with van der Waals surface area (Å²) in [5, 5.41) is 43.9. The van der Waals surface area contributed by atoms with Gasteiger partial charge in [0.15, 0.2) is 0 Å². The van der Waals surface area contributed by atoms with E-state index in [-0.39, 0.29) is 13.1 Å². The van der Waals surface area contributed by atoms with Crippen LogP contribution in [0.3, 0.4) is 0 Å². The molecule has 2 aromatic rings. The Labute approximate surface area is 194 Å². The maximum absolute atomic E-state index is 10.9. The van der Waals surface area contributed by atoms with Crippen molar-refractivity contribution in [3.05, 3.63) is 59.7 Å². The highest BCUT2D eigenvalue weighted by Gasteiger charge is 2.15. The molecule has 2 rings (SSSR count). The van der Waals surface area contributed by atoms with Gasteiger partial charge in [0.1, 0.15) is 0 Å². The standard InChI is InChI=1S/C22H24N4O8/c27-19(28)11-25(12-20(29)30)9-15-1-5-17(6-2-15)23-24-18-7-3-16(4-8-18)10-26(13-21(31)32)14-22(33)34/h1-8H,9-14H2,(H,27,28)(H,29,30)(H,31,32)(H,33,34). The van der Waals surface area contributed by atoms with Gasteiger partial charge in [-0.05, 0) is 35.4 Å². The summed E-state index contributed by atoms with van der Waals surface area (Å²) in [5.74, 6) is -4.47. The first-order chi connectivity index (χ1) is 16.1. The Morgan fingerprint density at radius 1 is 0.529 bits per heavy atom. The predicted molar refractivity (Wildman–Crippen MR) is 118 cm³/mol. The molecule has 0 saturated heterocycles. The van der Waals surface area contributed by atoms with Crippen LogP contribution < -0.4 is 0 Å².